The van der Waals surface area contributed by atoms with Crippen molar-refractivity contribution in [2.75, 3.05) is 4.90 Å². The van der Waals surface area contributed by atoms with Crippen molar-refractivity contribution in [1.82, 2.24) is 3.68 Å². The molecular weight excluding hydrogens is 353 g/mol. The maximum atomic E-state index is 12.4. The molecule has 1 fully saturated rings. The van der Waals surface area contributed by atoms with Crippen LogP contribution >= 0.6 is 11.8 Å². The fourth-order valence-corrected chi connectivity index (χ4v) is 8.53. The molecule has 0 saturated heterocycles. The van der Waals surface area contributed by atoms with Gasteiger partial charge in [0.15, 0.2) is 0 Å². The van der Waals surface area contributed by atoms with Crippen molar-refractivity contribution >= 4 is 44.2 Å². The first kappa shape index (κ1) is 14.7. The van der Waals surface area contributed by atoms with E-state index in [0.29, 0.717) is 6.04 Å². The molecule has 1 unspecified atom stereocenters. The molecule has 1 heterocycles. The van der Waals surface area contributed by atoms with Gasteiger partial charge in [-0.25, -0.2) is 0 Å². The number of hydrogen-bond donors (Lipinski definition) is 1. The average Bonchev–Trinajstić information content (AvgIpc) is 2.88. The van der Waals surface area contributed by atoms with Crippen LogP contribution in [0, 0.1) is 0 Å². The second-order valence-corrected chi connectivity index (χ2v) is 11.3. The Hall–Kier alpha value is -0.177. The van der Waals surface area contributed by atoms with Crippen LogP contribution in [0.4, 0.5) is 5.69 Å². The fraction of sp³-hybridized carbons (Fsp3) is 0.538. The molecule has 110 valence electrons. The van der Waals surface area contributed by atoms with Gasteiger partial charge in [0.05, 0.1) is 0 Å². The van der Waals surface area contributed by atoms with Gasteiger partial charge in [-0.3, -0.25) is 0 Å². The number of para-hydroxylation sites is 1. The van der Waals surface area contributed by atoms with Crippen molar-refractivity contribution < 1.29 is 8.42 Å². The minimum atomic E-state index is -3.24. The van der Waals surface area contributed by atoms with Crippen LogP contribution in [0.3, 0.4) is 0 Å². The summed E-state index contributed by atoms with van der Waals surface area (Å²) in [7, 11) is -3.24. The van der Waals surface area contributed by atoms with Gasteiger partial charge in [-0.05, 0) is 0 Å². The monoisotopic (exact) mass is 374 g/mol. The van der Waals surface area contributed by atoms with E-state index in [0.717, 1.165) is 23.4 Å². The number of nitrogens with zero attached hydrogens (tertiary/aromatic N) is 1. The second kappa shape index (κ2) is 5.90. The fourth-order valence-electron chi connectivity index (χ4n) is 3.09. The Morgan fingerprint density at radius 3 is 2.60 bits per heavy atom. The van der Waals surface area contributed by atoms with Crippen LogP contribution in [0.25, 0.3) is 0 Å². The second-order valence-electron chi connectivity index (χ2n) is 5.34. The summed E-state index contributed by atoms with van der Waals surface area (Å²) in [6, 6.07) is 8.44. The zero-order valence-electron chi connectivity index (χ0n) is 11.6. The molecule has 0 bridgehead atoms. The van der Waals surface area contributed by atoms with Gasteiger partial charge in [-0.2, -0.15) is 0 Å². The van der Waals surface area contributed by atoms with Gasteiger partial charge >= 0.3 is 133 Å². The van der Waals surface area contributed by atoms with Gasteiger partial charge in [-0.1, -0.05) is 0 Å². The van der Waals surface area contributed by atoms with E-state index in [1.807, 2.05) is 18.2 Å². The Morgan fingerprint density at radius 1 is 1.20 bits per heavy atom. The van der Waals surface area contributed by atoms with Gasteiger partial charge in [0.2, 0.25) is 0 Å². The van der Waals surface area contributed by atoms with Crippen LogP contribution < -0.4 is 8.58 Å². The third-order valence-corrected chi connectivity index (χ3v) is 11.1. The standard InChI is InChI=1S/C13H20GeN2O2S2/c14-15-20(17,18)13-16(10-6-2-1-3-7-10)11-8-4-5-9-12(11)19-13/h4-5,8-10,13,15H,1-3,6-7H2,14H3. The molecule has 4 nitrogen and oxygen atoms in total. The van der Waals surface area contributed by atoms with E-state index in [9.17, 15) is 8.42 Å². The predicted molar refractivity (Wildman–Crippen MR) is 87.4 cm³/mol. The summed E-state index contributed by atoms with van der Waals surface area (Å²) in [5, 5.41) is 0. The number of hydrogen-bond acceptors (Lipinski definition) is 4. The molecule has 1 aromatic carbocycles. The number of sulfonamides is 1. The molecule has 2 aliphatic rings. The number of rotatable bonds is 3. The van der Waals surface area contributed by atoms with Crippen LogP contribution in [0.2, 0.25) is 0 Å². The normalized spacial score (nSPS) is 24.0. The first-order chi connectivity index (χ1) is 9.63. The van der Waals surface area contributed by atoms with Gasteiger partial charge in [0.25, 0.3) is 0 Å². The zero-order chi connectivity index (χ0) is 14.2. The Bertz CT molecular complexity index is 588. The minimum absolute atomic E-state index is 0.0966. The number of benzene rings is 1. The number of fused-ring (bicyclic) bond motifs is 1. The van der Waals surface area contributed by atoms with Crippen molar-refractivity contribution in [3.8, 4) is 0 Å². The van der Waals surface area contributed by atoms with E-state index in [1.54, 1.807) is 0 Å². The molecule has 3 rings (SSSR count). The summed E-state index contributed by atoms with van der Waals surface area (Å²) in [5.74, 6) is 0. The van der Waals surface area contributed by atoms with Gasteiger partial charge in [0, 0.05) is 0 Å². The third-order valence-electron chi connectivity index (χ3n) is 4.12. The molecule has 1 saturated carbocycles. The summed E-state index contributed by atoms with van der Waals surface area (Å²) in [5.41, 5.74) is 1.10. The van der Waals surface area contributed by atoms with Crippen molar-refractivity contribution in [3.05, 3.63) is 24.3 Å². The van der Waals surface area contributed by atoms with Crippen LogP contribution in [0.5, 0.6) is 0 Å². The molecule has 1 aliphatic heterocycles. The molecule has 1 aromatic rings. The molecule has 0 spiro atoms. The van der Waals surface area contributed by atoms with Gasteiger partial charge in [0.1, 0.15) is 0 Å². The molecule has 0 aromatic heterocycles. The number of nitrogens with one attached hydrogen (secondary N) is 1. The maximum absolute atomic E-state index is 12.4. The van der Waals surface area contributed by atoms with E-state index in [4.69, 9.17) is 0 Å². The summed E-state index contributed by atoms with van der Waals surface area (Å²) in [4.78, 5) is 3.25. The number of thioether (sulfide) groups is 1. The zero-order valence-corrected chi connectivity index (χ0v) is 17.4. The SMILES string of the molecule is O=S(=O)([NH][GeH3])C1Sc2ccccc2N1C1CCCCC1. The Kier molecular flexibility index (Phi) is 4.35. The molecule has 0 radical (unpaired) electrons. The topological polar surface area (TPSA) is 49.4 Å². The molecule has 7 heteroatoms. The van der Waals surface area contributed by atoms with E-state index in [1.165, 1.54) is 31.0 Å². The summed E-state index contributed by atoms with van der Waals surface area (Å²) in [6.45, 7) is 0. The van der Waals surface area contributed by atoms with E-state index >= 15 is 0 Å². The van der Waals surface area contributed by atoms with E-state index < -0.39 is 14.7 Å². The average molecular weight is 373 g/mol. The van der Waals surface area contributed by atoms with Crippen molar-refractivity contribution in [3.63, 3.8) is 0 Å². The van der Waals surface area contributed by atoms with Crippen LogP contribution in [0.15, 0.2) is 29.2 Å². The van der Waals surface area contributed by atoms with Gasteiger partial charge in [-0.15, -0.1) is 0 Å². The molecular formula is C13H20GeN2O2S2. The summed E-state index contributed by atoms with van der Waals surface area (Å²) >= 11 is 1.57. The summed E-state index contributed by atoms with van der Waals surface area (Å²) in [6.07, 6.45) is 5.90. The van der Waals surface area contributed by atoms with Crippen LogP contribution in [-0.2, 0) is 10.0 Å². The Labute approximate surface area is 133 Å². The van der Waals surface area contributed by atoms with Crippen molar-refractivity contribution in [2.45, 2.75) is 47.7 Å². The van der Waals surface area contributed by atoms with Crippen molar-refractivity contribution in [1.29, 1.82) is 0 Å². The molecule has 1 aliphatic carbocycles. The van der Waals surface area contributed by atoms with E-state index in [2.05, 4.69) is 14.6 Å². The summed E-state index contributed by atoms with van der Waals surface area (Å²) < 4.78 is 27.0. The third kappa shape index (κ3) is 2.63. The molecule has 1 N–H and O–H groups in total. The van der Waals surface area contributed by atoms with Gasteiger partial charge < -0.3 is 0 Å². The Morgan fingerprint density at radius 2 is 1.90 bits per heavy atom. The first-order valence-corrected chi connectivity index (χ1v) is 11.6. The van der Waals surface area contributed by atoms with Crippen molar-refractivity contribution in [2.24, 2.45) is 0 Å². The quantitative estimate of drug-likeness (QED) is 0.815. The predicted octanol–water partition coefficient (Wildman–Crippen LogP) is 1.41. The molecule has 20 heavy (non-hydrogen) atoms. The first-order valence-electron chi connectivity index (χ1n) is 7.10. The van der Waals surface area contributed by atoms with E-state index in [-0.39, 0.29) is 16.7 Å². The molecule has 1 atom stereocenters. The molecule has 0 amide bonds. The van der Waals surface area contributed by atoms with Crippen LogP contribution in [-0.4, -0.2) is 35.9 Å². The Balaban J connectivity index is 1.99. The van der Waals surface area contributed by atoms with Crippen LogP contribution in [0.1, 0.15) is 32.1 Å². The number of anilines is 1.